The lowest BCUT2D eigenvalue weighted by Crippen LogP contribution is -2.47. The molecule has 2 unspecified atom stereocenters. The van der Waals surface area contributed by atoms with Crippen molar-refractivity contribution < 1.29 is 0 Å². The molecule has 1 saturated carbocycles. The van der Waals surface area contributed by atoms with Crippen LogP contribution in [0, 0.1) is 5.92 Å². The Morgan fingerprint density at radius 1 is 1.24 bits per heavy atom. The zero-order valence-corrected chi connectivity index (χ0v) is 13.5. The Morgan fingerprint density at radius 3 is 2.90 bits per heavy atom. The molecule has 2 atom stereocenters. The van der Waals surface area contributed by atoms with Gasteiger partial charge in [0.05, 0.1) is 0 Å². The van der Waals surface area contributed by atoms with E-state index in [1.54, 1.807) is 0 Å². The molecule has 0 aromatic carbocycles. The van der Waals surface area contributed by atoms with Crippen LogP contribution in [-0.4, -0.2) is 23.6 Å². The number of hydrogen-bond donors (Lipinski definition) is 1. The van der Waals surface area contributed by atoms with Crippen molar-refractivity contribution in [2.45, 2.75) is 71.0 Å². The van der Waals surface area contributed by atoms with Crippen molar-refractivity contribution in [3.05, 3.63) is 23.9 Å². The summed E-state index contributed by atoms with van der Waals surface area (Å²) in [4.78, 5) is 7.28. The van der Waals surface area contributed by atoms with Crippen LogP contribution in [0.4, 0.5) is 5.82 Å². The van der Waals surface area contributed by atoms with E-state index >= 15 is 0 Å². The van der Waals surface area contributed by atoms with Crippen LogP contribution in [0.25, 0.3) is 0 Å². The number of nitrogens with zero attached hydrogens (tertiary/aromatic N) is 2. The van der Waals surface area contributed by atoms with Crippen LogP contribution < -0.4 is 10.2 Å². The number of pyridine rings is 1. The van der Waals surface area contributed by atoms with Crippen LogP contribution in [-0.2, 0) is 6.54 Å². The number of anilines is 1. The molecule has 1 N–H and O–H groups in total. The number of rotatable bonds is 4. The van der Waals surface area contributed by atoms with E-state index in [0.717, 1.165) is 18.5 Å². The Labute approximate surface area is 129 Å². The van der Waals surface area contributed by atoms with Crippen molar-refractivity contribution in [3.63, 3.8) is 0 Å². The largest absolute Gasteiger partial charge is 0.353 e. The van der Waals surface area contributed by atoms with Gasteiger partial charge in [0.1, 0.15) is 5.82 Å². The molecule has 1 saturated heterocycles. The van der Waals surface area contributed by atoms with Crippen molar-refractivity contribution in [1.29, 1.82) is 0 Å². The summed E-state index contributed by atoms with van der Waals surface area (Å²) in [6, 6.07) is 5.71. The molecule has 2 fully saturated rings. The normalized spacial score (nSPS) is 26.0. The molecule has 3 rings (SSSR count). The first-order valence-corrected chi connectivity index (χ1v) is 8.69. The second kappa shape index (κ2) is 6.78. The van der Waals surface area contributed by atoms with Gasteiger partial charge in [0.15, 0.2) is 0 Å². The standard InChI is InChI=1S/C18H29N3/c1-14(2)20-13-15-9-10-19-18(12-15)21-11-5-7-16-6-3-4-8-17(16)21/h9-10,12,14,16-17,20H,3-8,11,13H2,1-2H3. The summed E-state index contributed by atoms with van der Waals surface area (Å²) < 4.78 is 0. The highest BCUT2D eigenvalue weighted by Gasteiger charge is 2.33. The van der Waals surface area contributed by atoms with Crippen molar-refractivity contribution in [3.8, 4) is 0 Å². The molecule has 0 amide bonds. The van der Waals surface area contributed by atoms with Gasteiger partial charge in [0.2, 0.25) is 0 Å². The molecule has 1 aromatic rings. The van der Waals surface area contributed by atoms with Crippen LogP contribution in [0.1, 0.15) is 57.9 Å². The van der Waals surface area contributed by atoms with Crippen molar-refractivity contribution in [2.24, 2.45) is 5.92 Å². The molecule has 3 nitrogen and oxygen atoms in total. The molecule has 21 heavy (non-hydrogen) atoms. The zero-order chi connectivity index (χ0) is 14.7. The van der Waals surface area contributed by atoms with Crippen molar-refractivity contribution >= 4 is 5.82 Å². The van der Waals surface area contributed by atoms with Gasteiger partial charge in [0, 0.05) is 31.4 Å². The highest BCUT2D eigenvalue weighted by molar-refractivity contribution is 5.43. The highest BCUT2D eigenvalue weighted by atomic mass is 15.2. The fourth-order valence-corrected chi connectivity index (χ4v) is 3.96. The summed E-state index contributed by atoms with van der Waals surface area (Å²) >= 11 is 0. The monoisotopic (exact) mass is 287 g/mol. The summed E-state index contributed by atoms with van der Waals surface area (Å²) in [5.41, 5.74) is 1.35. The fourth-order valence-electron chi connectivity index (χ4n) is 3.96. The molecule has 1 aliphatic heterocycles. The second-order valence-corrected chi connectivity index (χ2v) is 7.01. The van der Waals surface area contributed by atoms with Crippen LogP contribution in [0.15, 0.2) is 18.3 Å². The summed E-state index contributed by atoms with van der Waals surface area (Å²) in [7, 11) is 0. The van der Waals surface area contributed by atoms with Gasteiger partial charge in [-0.15, -0.1) is 0 Å². The lowest BCUT2D eigenvalue weighted by Gasteiger charge is -2.44. The third kappa shape index (κ3) is 3.57. The Kier molecular flexibility index (Phi) is 4.79. The average molecular weight is 287 g/mol. The van der Waals surface area contributed by atoms with E-state index in [9.17, 15) is 0 Å². The van der Waals surface area contributed by atoms with Crippen LogP contribution >= 0.6 is 0 Å². The summed E-state index contributed by atoms with van der Waals surface area (Å²) in [5, 5.41) is 3.50. The smallest absolute Gasteiger partial charge is 0.129 e. The first-order chi connectivity index (χ1) is 10.2. The average Bonchev–Trinajstić information content (AvgIpc) is 2.52. The number of hydrogen-bond acceptors (Lipinski definition) is 3. The first-order valence-electron chi connectivity index (χ1n) is 8.69. The van der Waals surface area contributed by atoms with Crippen LogP contribution in [0.5, 0.6) is 0 Å². The van der Waals surface area contributed by atoms with E-state index in [4.69, 9.17) is 0 Å². The number of piperidine rings is 1. The summed E-state index contributed by atoms with van der Waals surface area (Å²) in [5.74, 6) is 2.11. The van der Waals surface area contributed by atoms with E-state index in [0.29, 0.717) is 6.04 Å². The molecule has 0 radical (unpaired) electrons. The molecule has 2 heterocycles. The van der Waals surface area contributed by atoms with Gasteiger partial charge >= 0.3 is 0 Å². The summed E-state index contributed by atoms with van der Waals surface area (Å²) in [6.45, 7) is 6.52. The van der Waals surface area contributed by atoms with Gasteiger partial charge in [-0.1, -0.05) is 26.7 Å². The minimum absolute atomic E-state index is 0.527. The first kappa shape index (κ1) is 14.8. The lowest BCUT2D eigenvalue weighted by atomic mass is 9.78. The van der Waals surface area contributed by atoms with Gasteiger partial charge in [0.25, 0.3) is 0 Å². The van der Waals surface area contributed by atoms with Gasteiger partial charge in [-0.25, -0.2) is 4.98 Å². The fraction of sp³-hybridized carbons (Fsp3) is 0.722. The van der Waals surface area contributed by atoms with E-state index in [-0.39, 0.29) is 0 Å². The Bertz CT molecular complexity index is 456. The quantitative estimate of drug-likeness (QED) is 0.914. The Hall–Kier alpha value is -1.09. The van der Waals surface area contributed by atoms with Crippen LogP contribution in [0.2, 0.25) is 0 Å². The number of fused-ring (bicyclic) bond motifs is 1. The van der Waals surface area contributed by atoms with E-state index in [1.807, 2.05) is 6.20 Å². The van der Waals surface area contributed by atoms with Crippen molar-refractivity contribution in [2.75, 3.05) is 11.4 Å². The van der Waals surface area contributed by atoms with Crippen LogP contribution in [0.3, 0.4) is 0 Å². The highest BCUT2D eigenvalue weighted by Crippen LogP contribution is 2.37. The molecule has 1 aliphatic carbocycles. The van der Waals surface area contributed by atoms with E-state index in [2.05, 4.69) is 41.2 Å². The predicted octanol–water partition coefficient (Wildman–Crippen LogP) is 3.74. The third-order valence-corrected chi connectivity index (χ3v) is 5.06. The molecule has 116 valence electrons. The molecule has 3 heteroatoms. The minimum Gasteiger partial charge on any atom is -0.353 e. The second-order valence-electron chi connectivity index (χ2n) is 7.01. The zero-order valence-electron chi connectivity index (χ0n) is 13.5. The lowest BCUT2D eigenvalue weighted by molar-refractivity contribution is 0.242. The molecular formula is C18H29N3. The number of aromatic nitrogens is 1. The minimum atomic E-state index is 0.527. The predicted molar refractivity (Wildman–Crippen MR) is 88.5 cm³/mol. The number of nitrogens with one attached hydrogen (secondary N) is 1. The maximum absolute atomic E-state index is 4.68. The van der Waals surface area contributed by atoms with Gasteiger partial charge in [-0.3, -0.25) is 0 Å². The Balaban J connectivity index is 1.74. The van der Waals surface area contributed by atoms with Gasteiger partial charge in [-0.05, 0) is 49.3 Å². The Morgan fingerprint density at radius 2 is 2.05 bits per heavy atom. The van der Waals surface area contributed by atoms with Gasteiger partial charge in [-0.2, -0.15) is 0 Å². The van der Waals surface area contributed by atoms with E-state index < -0.39 is 0 Å². The van der Waals surface area contributed by atoms with Gasteiger partial charge < -0.3 is 10.2 Å². The SMILES string of the molecule is CC(C)NCc1ccnc(N2CCCC3CCCCC32)c1. The van der Waals surface area contributed by atoms with E-state index in [1.165, 1.54) is 56.5 Å². The molecule has 0 bridgehead atoms. The van der Waals surface area contributed by atoms with Crippen molar-refractivity contribution in [1.82, 2.24) is 10.3 Å². The third-order valence-electron chi connectivity index (χ3n) is 5.06. The topological polar surface area (TPSA) is 28.2 Å². The maximum atomic E-state index is 4.68. The molecule has 1 aromatic heterocycles. The molecular weight excluding hydrogens is 258 g/mol. The molecule has 0 spiro atoms. The summed E-state index contributed by atoms with van der Waals surface area (Å²) in [6.07, 6.45) is 10.4. The maximum Gasteiger partial charge on any atom is 0.129 e. The molecule has 2 aliphatic rings.